The van der Waals surface area contributed by atoms with Crippen molar-refractivity contribution in [2.45, 2.75) is 0 Å². The standard InChI is InChI=1S/C16H11F3N2O6/c17-11-5-6-12(16(19)15(11)18)20-13(22)7-27-14(23)8-26-10-3-1-9(2-4-10)21(24)25/h1-6H,7-8H2,(H,20,22). The third-order valence-corrected chi connectivity index (χ3v) is 3.08. The number of hydrogen-bond donors (Lipinski definition) is 1. The number of anilines is 1. The Morgan fingerprint density at radius 3 is 2.30 bits per heavy atom. The van der Waals surface area contributed by atoms with E-state index in [4.69, 9.17) is 4.74 Å². The molecule has 2 aromatic carbocycles. The lowest BCUT2D eigenvalue weighted by atomic mass is 10.3. The summed E-state index contributed by atoms with van der Waals surface area (Å²) >= 11 is 0. The summed E-state index contributed by atoms with van der Waals surface area (Å²) in [6.45, 7) is -1.41. The molecule has 2 aromatic rings. The van der Waals surface area contributed by atoms with Crippen molar-refractivity contribution >= 4 is 23.3 Å². The molecule has 11 heteroatoms. The minimum Gasteiger partial charge on any atom is -0.482 e. The minimum absolute atomic E-state index is 0.158. The molecule has 142 valence electrons. The predicted molar refractivity (Wildman–Crippen MR) is 84.5 cm³/mol. The molecule has 1 N–H and O–H groups in total. The number of nitro groups is 1. The summed E-state index contributed by atoms with van der Waals surface area (Å²) in [5.41, 5.74) is -0.775. The lowest BCUT2D eigenvalue weighted by Gasteiger charge is -2.09. The number of esters is 1. The van der Waals surface area contributed by atoms with Gasteiger partial charge in [0.25, 0.3) is 11.6 Å². The number of amides is 1. The summed E-state index contributed by atoms with van der Waals surface area (Å²) < 4.78 is 48.8. The molecule has 0 bridgehead atoms. The lowest BCUT2D eigenvalue weighted by molar-refractivity contribution is -0.384. The largest absolute Gasteiger partial charge is 0.482 e. The Morgan fingerprint density at radius 2 is 1.67 bits per heavy atom. The van der Waals surface area contributed by atoms with Crippen LogP contribution in [-0.4, -0.2) is 30.0 Å². The van der Waals surface area contributed by atoms with Gasteiger partial charge in [-0.1, -0.05) is 0 Å². The Bertz CT molecular complexity index is 873. The summed E-state index contributed by atoms with van der Waals surface area (Å²) in [5.74, 6) is -6.53. The van der Waals surface area contributed by atoms with E-state index in [-0.39, 0.29) is 11.4 Å². The molecule has 2 rings (SSSR count). The normalized spacial score (nSPS) is 10.2. The summed E-state index contributed by atoms with van der Waals surface area (Å²) in [5, 5.41) is 12.4. The predicted octanol–water partition coefficient (Wildman–Crippen LogP) is 2.57. The lowest BCUT2D eigenvalue weighted by Crippen LogP contribution is -2.24. The first-order valence-corrected chi connectivity index (χ1v) is 7.24. The molecule has 0 atom stereocenters. The second-order valence-electron chi connectivity index (χ2n) is 4.97. The molecule has 0 saturated carbocycles. The molecule has 0 unspecified atom stereocenters. The highest BCUT2D eigenvalue weighted by molar-refractivity contribution is 5.93. The summed E-state index contributed by atoms with van der Waals surface area (Å²) in [7, 11) is 0. The second-order valence-corrected chi connectivity index (χ2v) is 4.97. The molecule has 0 saturated heterocycles. The highest BCUT2D eigenvalue weighted by Gasteiger charge is 2.16. The van der Waals surface area contributed by atoms with Crippen molar-refractivity contribution < 1.29 is 37.2 Å². The number of halogens is 3. The van der Waals surface area contributed by atoms with Crippen LogP contribution in [0.5, 0.6) is 5.75 Å². The molecule has 0 radical (unpaired) electrons. The molecule has 0 aliphatic heterocycles. The van der Waals surface area contributed by atoms with E-state index in [0.717, 1.165) is 6.07 Å². The molecular weight excluding hydrogens is 373 g/mol. The van der Waals surface area contributed by atoms with Gasteiger partial charge in [-0.05, 0) is 24.3 Å². The van der Waals surface area contributed by atoms with Crippen LogP contribution >= 0.6 is 0 Å². The van der Waals surface area contributed by atoms with Crippen LogP contribution in [-0.2, 0) is 14.3 Å². The van der Waals surface area contributed by atoms with Crippen molar-refractivity contribution in [3.8, 4) is 5.75 Å². The Balaban J connectivity index is 1.79. The topological polar surface area (TPSA) is 108 Å². The molecule has 8 nitrogen and oxygen atoms in total. The van der Waals surface area contributed by atoms with Crippen LogP contribution in [0.25, 0.3) is 0 Å². The number of carbonyl (C=O) groups excluding carboxylic acids is 2. The number of nitrogens with one attached hydrogen (secondary N) is 1. The highest BCUT2D eigenvalue weighted by Crippen LogP contribution is 2.19. The molecule has 0 aliphatic carbocycles. The van der Waals surface area contributed by atoms with E-state index in [1.807, 2.05) is 5.32 Å². The van der Waals surface area contributed by atoms with Crippen molar-refractivity contribution in [3.63, 3.8) is 0 Å². The van der Waals surface area contributed by atoms with E-state index >= 15 is 0 Å². The monoisotopic (exact) mass is 384 g/mol. The van der Waals surface area contributed by atoms with Crippen molar-refractivity contribution in [1.29, 1.82) is 0 Å². The van der Waals surface area contributed by atoms with Crippen LogP contribution in [0, 0.1) is 27.6 Å². The van der Waals surface area contributed by atoms with Crippen LogP contribution in [0.4, 0.5) is 24.5 Å². The van der Waals surface area contributed by atoms with Crippen molar-refractivity contribution in [1.82, 2.24) is 0 Å². The van der Waals surface area contributed by atoms with Crippen LogP contribution in [0.1, 0.15) is 0 Å². The van der Waals surface area contributed by atoms with E-state index in [1.54, 1.807) is 0 Å². The number of benzene rings is 2. The first-order chi connectivity index (χ1) is 12.8. The van der Waals surface area contributed by atoms with E-state index in [9.17, 15) is 32.9 Å². The molecule has 0 aliphatic rings. The van der Waals surface area contributed by atoms with Crippen molar-refractivity contribution in [2.75, 3.05) is 18.5 Å². The van der Waals surface area contributed by atoms with E-state index in [0.29, 0.717) is 6.07 Å². The number of nitro benzene ring substituents is 1. The highest BCUT2D eigenvalue weighted by atomic mass is 19.2. The minimum atomic E-state index is -1.75. The maximum Gasteiger partial charge on any atom is 0.344 e. The van der Waals surface area contributed by atoms with E-state index in [1.165, 1.54) is 24.3 Å². The fourth-order valence-electron chi connectivity index (χ4n) is 1.80. The number of rotatable bonds is 7. The third-order valence-electron chi connectivity index (χ3n) is 3.08. The number of nitrogens with zero attached hydrogens (tertiary/aromatic N) is 1. The quantitative estimate of drug-likeness (QED) is 0.340. The van der Waals surface area contributed by atoms with Crippen LogP contribution in [0.15, 0.2) is 36.4 Å². The number of hydrogen-bond acceptors (Lipinski definition) is 6. The van der Waals surface area contributed by atoms with Crippen LogP contribution < -0.4 is 10.1 Å². The fraction of sp³-hybridized carbons (Fsp3) is 0.125. The molecule has 1 amide bonds. The number of carbonyl (C=O) groups is 2. The Kier molecular flexibility index (Phi) is 6.31. The number of non-ortho nitro benzene ring substituents is 1. The van der Waals surface area contributed by atoms with Gasteiger partial charge < -0.3 is 14.8 Å². The molecule has 0 heterocycles. The van der Waals surface area contributed by atoms with Crippen molar-refractivity contribution in [2.24, 2.45) is 0 Å². The van der Waals surface area contributed by atoms with Gasteiger partial charge in [-0.15, -0.1) is 0 Å². The van der Waals surface area contributed by atoms with Gasteiger partial charge in [0.05, 0.1) is 10.6 Å². The van der Waals surface area contributed by atoms with Gasteiger partial charge in [-0.2, -0.15) is 0 Å². The second kappa shape index (κ2) is 8.65. The van der Waals surface area contributed by atoms with Crippen LogP contribution in [0.2, 0.25) is 0 Å². The van der Waals surface area contributed by atoms with Gasteiger partial charge in [-0.25, -0.2) is 18.0 Å². The third kappa shape index (κ3) is 5.42. The Hall–Kier alpha value is -3.63. The molecular formula is C16H11F3N2O6. The zero-order valence-electron chi connectivity index (χ0n) is 13.4. The van der Waals surface area contributed by atoms with Gasteiger partial charge in [0.1, 0.15) is 5.75 Å². The van der Waals surface area contributed by atoms with Gasteiger partial charge in [0, 0.05) is 12.1 Å². The average molecular weight is 384 g/mol. The van der Waals surface area contributed by atoms with Gasteiger partial charge in [-0.3, -0.25) is 14.9 Å². The molecule has 0 fully saturated rings. The molecule has 27 heavy (non-hydrogen) atoms. The first kappa shape index (κ1) is 19.7. The zero-order chi connectivity index (χ0) is 20.0. The fourth-order valence-corrected chi connectivity index (χ4v) is 1.80. The van der Waals surface area contributed by atoms with E-state index < -0.39 is 53.2 Å². The summed E-state index contributed by atoms with van der Waals surface area (Å²) in [6, 6.07) is 6.31. The first-order valence-electron chi connectivity index (χ1n) is 7.24. The molecule has 0 aromatic heterocycles. The van der Waals surface area contributed by atoms with Gasteiger partial charge >= 0.3 is 5.97 Å². The average Bonchev–Trinajstić information content (AvgIpc) is 2.65. The maximum absolute atomic E-state index is 13.4. The Labute approximate surface area is 149 Å². The molecule has 0 spiro atoms. The van der Waals surface area contributed by atoms with E-state index in [2.05, 4.69) is 4.74 Å². The number of ether oxygens (including phenoxy) is 2. The zero-order valence-corrected chi connectivity index (χ0v) is 13.4. The van der Waals surface area contributed by atoms with Crippen molar-refractivity contribution in [3.05, 3.63) is 64.0 Å². The Morgan fingerprint density at radius 1 is 1.00 bits per heavy atom. The summed E-state index contributed by atoms with van der Waals surface area (Å²) in [6.07, 6.45) is 0. The smallest absolute Gasteiger partial charge is 0.344 e. The SMILES string of the molecule is O=C(COC(=O)COc1ccc([N+](=O)[O-])cc1)Nc1ccc(F)c(F)c1F. The van der Waals surface area contributed by atoms with Gasteiger partial charge in [0.15, 0.2) is 30.7 Å². The maximum atomic E-state index is 13.4. The van der Waals surface area contributed by atoms with Crippen LogP contribution in [0.3, 0.4) is 0 Å². The van der Waals surface area contributed by atoms with Gasteiger partial charge in [0.2, 0.25) is 0 Å². The summed E-state index contributed by atoms with van der Waals surface area (Å²) in [4.78, 5) is 33.0.